The van der Waals surface area contributed by atoms with Crippen molar-refractivity contribution < 1.29 is 10.2 Å². The summed E-state index contributed by atoms with van der Waals surface area (Å²) in [5.41, 5.74) is -0.786. The largest absolute Gasteiger partial charge is 0.389 e. The number of hydrogen-bond acceptors (Lipinski definition) is 2. The van der Waals surface area contributed by atoms with Crippen molar-refractivity contribution in [1.29, 1.82) is 0 Å². The summed E-state index contributed by atoms with van der Waals surface area (Å²) in [5, 5.41) is 22.5. The molecule has 8 unspecified atom stereocenters. The second-order valence-corrected chi connectivity index (χ2v) is 8.05. The molecule has 0 aromatic carbocycles. The molecule has 2 heteroatoms. The van der Waals surface area contributed by atoms with E-state index in [-0.39, 0.29) is 5.92 Å². The maximum absolute atomic E-state index is 11.2. The van der Waals surface area contributed by atoms with Gasteiger partial charge >= 0.3 is 0 Å². The molecule has 0 aliphatic heterocycles. The highest BCUT2D eigenvalue weighted by Crippen LogP contribution is 2.94. The van der Waals surface area contributed by atoms with E-state index in [0.717, 1.165) is 36.0 Å². The SMILES string of the molecule is OC12C3C4CC5C3C5C4C3(O)C4C(CC13)C42. The summed E-state index contributed by atoms with van der Waals surface area (Å²) in [7, 11) is 0. The average Bonchev–Trinajstić information content (AvgIpc) is 2.79. The van der Waals surface area contributed by atoms with Crippen molar-refractivity contribution in [2.75, 3.05) is 0 Å². The summed E-state index contributed by atoms with van der Waals surface area (Å²) in [6, 6.07) is 0. The third-order valence-electron chi connectivity index (χ3n) is 8.52. The van der Waals surface area contributed by atoms with Gasteiger partial charge in [0.25, 0.3) is 0 Å². The Bertz CT molecular complexity index is 451. The molecular formula is C14H16O2. The van der Waals surface area contributed by atoms with Gasteiger partial charge in [-0.25, -0.2) is 0 Å². The smallest absolute Gasteiger partial charge is 0.0771 e. The molecule has 16 heavy (non-hydrogen) atoms. The molecule has 0 aromatic heterocycles. The maximum Gasteiger partial charge on any atom is 0.0771 e. The molecule has 0 spiro atoms. The number of aliphatic hydroxyl groups is 2. The van der Waals surface area contributed by atoms with Crippen LogP contribution in [0.2, 0.25) is 0 Å². The predicted octanol–water partition coefficient (Wildman–Crippen LogP) is 0.486. The van der Waals surface area contributed by atoms with Crippen molar-refractivity contribution in [1.82, 2.24) is 0 Å². The third kappa shape index (κ3) is 0.364. The Morgan fingerprint density at radius 2 is 1.25 bits per heavy atom. The highest BCUT2D eigenvalue weighted by Gasteiger charge is 2.98. The van der Waals surface area contributed by atoms with Crippen LogP contribution in [0.4, 0.5) is 0 Å². The monoisotopic (exact) mass is 216 g/mol. The van der Waals surface area contributed by atoms with E-state index in [0.29, 0.717) is 23.7 Å². The van der Waals surface area contributed by atoms with Crippen LogP contribution in [0.3, 0.4) is 0 Å². The first-order chi connectivity index (χ1) is 7.70. The summed E-state index contributed by atoms with van der Waals surface area (Å²) >= 11 is 0. The van der Waals surface area contributed by atoms with Gasteiger partial charge in [0, 0.05) is 5.92 Å². The molecule has 9 aliphatic rings. The minimum Gasteiger partial charge on any atom is -0.389 e. The van der Waals surface area contributed by atoms with E-state index in [1.807, 2.05) is 0 Å². The van der Waals surface area contributed by atoms with Crippen LogP contribution in [0.15, 0.2) is 0 Å². The molecule has 9 aliphatic carbocycles. The van der Waals surface area contributed by atoms with E-state index >= 15 is 0 Å². The van der Waals surface area contributed by atoms with Crippen molar-refractivity contribution in [2.24, 2.45) is 59.2 Å². The van der Waals surface area contributed by atoms with Crippen molar-refractivity contribution in [3.8, 4) is 0 Å². The second-order valence-electron chi connectivity index (χ2n) is 8.05. The molecule has 9 rings (SSSR count). The lowest BCUT2D eigenvalue weighted by Crippen LogP contribution is -2.57. The van der Waals surface area contributed by atoms with E-state index in [9.17, 15) is 10.2 Å². The lowest BCUT2D eigenvalue weighted by molar-refractivity contribution is -0.169. The fourth-order valence-corrected chi connectivity index (χ4v) is 8.78. The zero-order valence-electron chi connectivity index (χ0n) is 9.08. The predicted molar refractivity (Wildman–Crippen MR) is 54.0 cm³/mol. The molecule has 2 N–H and O–H groups in total. The van der Waals surface area contributed by atoms with Gasteiger partial charge < -0.3 is 10.2 Å². The molecule has 0 saturated heterocycles. The van der Waals surface area contributed by atoms with Gasteiger partial charge in [0.2, 0.25) is 0 Å². The van der Waals surface area contributed by atoms with E-state index in [2.05, 4.69) is 0 Å². The fourth-order valence-electron chi connectivity index (χ4n) is 8.78. The van der Waals surface area contributed by atoms with E-state index in [1.54, 1.807) is 0 Å². The van der Waals surface area contributed by atoms with Crippen LogP contribution >= 0.6 is 0 Å². The van der Waals surface area contributed by atoms with Crippen LogP contribution in [-0.2, 0) is 0 Å². The lowest BCUT2D eigenvalue weighted by Gasteiger charge is -2.48. The maximum atomic E-state index is 11.2. The molecule has 0 amide bonds. The molecular weight excluding hydrogens is 200 g/mol. The van der Waals surface area contributed by atoms with Crippen molar-refractivity contribution >= 4 is 0 Å². The van der Waals surface area contributed by atoms with Crippen LogP contribution in [-0.4, -0.2) is 21.4 Å². The highest BCUT2D eigenvalue weighted by atomic mass is 16.3. The summed E-state index contributed by atoms with van der Waals surface area (Å²) in [6.45, 7) is 0. The Morgan fingerprint density at radius 1 is 0.688 bits per heavy atom. The Hall–Kier alpha value is -0.0800. The van der Waals surface area contributed by atoms with Crippen molar-refractivity contribution in [3.63, 3.8) is 0 Å². The van der Waals surface area contributed by atoms with Gasteiger partial charge in [-0.3, -0.25) is 0 Å². The van der Waals surface area contributed by atoms with Crippen LogP contribution < -0.4 is 0 Å². The number of hydrogen-bond donors (Lipinski definition) is 2. The Labute approximate surface area is 94.0 Å². The van der Waals surface area contributed by atoms with Gasteiger partial charge in [-0.2, -0.15) is 0 Å². The molecule has 2 nitrogen and oxygen atoms in total. The first-order valence-corrected chi connectivity index (χ1v) is 7.15. The fraction of sp³-hybridized carbons (Fsp3) is 1.00. The third-order valence-corrected chi connectivity index (χ3v) is 8.52. The van der Waals surface area contributed by atoms with Crippen LogP contribution in [0.1, 0.15) is 12.8 Å². The second kappa shape index (κ2) is 1.50. The lowest BCUT2D eigenvalue weighted by atomic mass is 9.62. The van der Waals surface area contributed by atoms with Crippen molar-refractivity contribution in [3.05, 3.63) is 0 Å². The topological polar surface area (TPSA) is 40.5 Å². The standard InChI is InChI=1S/C14H16O2/c15-13-6-2-5-11(13)12(5)14(6,16)10-4-1-3-7(8(3)10)9(4)13/h3-12,15-16H,1-2H2. The summed E-state index contributed by atoms with van der Waals surface area (Å²) in [5.74, 6) is 6.65. The Morgan fingerprint density at radius 3 is 1.75 bits per heavy atom. The molecule has 8 atom stereocenters. The van der Waals surface area contributed by atoms with Gasteiger partial charge in [0.1, 0.15) is 0 Å². The van der Waals surface area contributed by atoms with Gasteiger partial charge in [-0.05, 0) is 66.1 Å². The normalized spacial score (nSPS) is 94.9. The first-order valence-electron chi connectivity index (χ1n) is 7.15. The van der Waals surface area contributed by atoms with Gasteiger partial charge in [-0.15, -0.1) is 0 Å². The van der Waals surface area contributed by atoms with E-state index in [1.165, 1.54) is 6.42 Å². The molecule has 9 fully saturated rings. The quantitative estimate of drug-likeness (QED) is 0.618. The first kappa shape index (κ1) is 7.38. The minimum atomic E-state index is -0.393. The Kier molecular flexibility index (Phi) is 0.691. The average molecular weight is 216 g/mol. The molecule has 12 bridgehead atoms. The molecule has 9 saturated carbocycles. The molecule has 0 heterocycles. The summed E-state index contributed by atoms with van der Waals surface area (Å²) in [4.78, 5) is 0. The van der Waals surface area contributed by atoms with E-state index in [4.69, 9.17) is 0 Å². The van der Waals surface area contributed by atoms with Crippen LogP contribution in [0.25, 0.3) is 0 Å². The van der Waals surface area contributed by atoms with Crippen LogP contribution in [0, 0.1) is 59.2 Å². The Balaban J connectivity index is 1.64. The number of rotatable bonds is 0. The highest BCUT2D eigenvalue weighted by molar-refractivity contribution is 5.46. The van der Waals surface area contributed by atoms with Gasteiger partial charge in [0.15, 0.2) is 0 Å². The zero-order valence-corrected chi connectivity index (χ0v) is 9.08. The van der Waals surface area contributed by atoms with Crippen molar-refractivity contribution in [2.45, 2.75) is 24.0 Å². The van der Waals surface area contributed by atoms with Gasteiger partial charge in [-0.1, -0.05) is 0 Å². The molecule has 84 valence electrons. The van der Waals surface area contributed by atoms with Crippen LogP contribution in [0.5, 0.6) is 0 Å². The minimum absolute atomic E-state index is 0.290. The van der Waals surface area contributed by atoms with Gasteiger partial charge in [0.05, 0.1) is 11.2 Å². The summed E-state index contributed by atoms with van der Waals surface area (Å²) < 4.78 is 0. The molecule has 0 aromatic rings. The molecule has 0 radical (unpaired) electrons. The van der Waals surface area contributed by atoms with E-state index < -0.39 is 11.2 Å². The zero-order chi connectivity index (χ0) is 10.2. The summed E-state index contributed by atoms with van der Waals surface area (Å²) in [6.07, 6.45) is 2.51.